The SMILES string of the molecule is CCC1CC1(CNC(C)(C)C)c1ccccc1Br. The van der Waals surface area contributed by atoms with E-state index in [0.29, 0.717) is 5.41 Å². The summed E-state index contributed by atoms with van der Waals surface area (Å²) in [6.07, 6.45) is 2.59. The predicted octanol–water partition coefficient (Wildman–Crippen LogP) is 4.50. The van der Waals surface area contributed by atoms with Crippen molar-refractivity contribution in [2.24, 2.45) is 5.92 Å². The highest BCUT2D eigenvalue weighted by Crippen LogP contribution is 2.57. The Hall–Kier alpha value is -0.340. The summed E-state index contributed by atoms with van der Waals surface area (Å²) in [5, 5.41) is 3.69. The predicted molar refractivity (Wildman–Crippen MR) is 82.0 cm³/mol. The molecule has 1 aliphatic rings. The van der Waals surface area contributed by atoms with Gasteiger partial charge in [-0.25, -0.2) is 0 Å². The Labute approximate surface area is 119 Å². The van der Waals surface area contributed by atoms with Gasteiger partial charge in [0.25, 0.3) is 0 Å². The van der Waals surface area contributed by atoms with Gasteiger partial charge in [-0.15, -0.1) is 0 Å². The second-order valence-corrected chi connectivity index (χ2v) is 7.40. The van der Waals surface area contributed by atoms with Gasteiger partial charge in [0.05, 0.1) is 0 Å². The van der Waals surface area contributed by atoms with Crippen molar-refractivity contribution >= 4 is 15.9 Å². The summed E-state index contributed by atoms with van der Waals surface area (Å²) in [5.41, 5.74) is 2.02. The molecule has 1 aliphatic carbocycles. The van der Waals surface area contributed by atoms with Gasteiger partial charge in [0.15, 0.2) is 0 Å². The van der Waals surface area contributed by atoms with E-state index in [2.05, 4.69) is 73.2 Å². The summed E-state index contributed by atoms with van der Waals surface area (Å²) in [4.78, 5) is 0. The van der Waals surface area contributed by atoms with E-state index in [1.54, 1.807) is 0 Å². The van der Waals surface area contributed by atoms with Gasteiger partial charge < -0.3 is 5.32 Å². The highest BCUT2D eigenvalue weighted by molar-refractivity contribution is 9.10. The van der Waals surface area contributed by atoms with Crippen LogP contribution >= 0.6 is 15.9 Å². The summed E-state index contributed by atoms with van der Waals surface area (Å²) >= 11 is 3.72. The maximum atomic E-state index is 3.72. The molecule has 0 saturated heterocycles. The first-order valence-corrected chi connectivity index (χ1v) is 7.68. The number of benzene rings is 1. The molecule has 1 N–H and O–H groups in total. The molecule has 1 saturated carbocycles. The lowest BCUT2D eigenvalue weighted by molar-refractivity contribution is 0.387. The molecule has 0 bridgehead atoms. The molecule has 0 amide bonds. The van der Waals surface area contributed by atoms with Gasteiger partial charge in [-0.3, -0.25) is 0 Å². The molecule has 2 unspecified atom stereocenters. The zero-order valence-corrected chi connectivity index (χ0v) is 13.5. The van der Waals surface area contributed by atoms with Gasteiger partial charge in [-0.05, 0) is 44.7 Å². The average Bonchev–Trinajstić information content (AvgIpc) is 3.01. The lowest BCUT2D eigenvalue weighted by Gasteiger charge is -2.27. The van der Waals surface area contributed by atoms with Crippen molar-refractivity contribution in [2.45, 2.75) is 51.5 Å². The number of hydrogen-bond donors (Lipinski definition) is 1. The van der Waals surface area contributed by atoms with Crippen LogP contribution in [0.25, 0.3) is 0 Å². The molecular formula is C16H24BrN. The van der Waals surface area contributed by atoms with Crippen LogP contribution in [0.4, 0.5) is 0 Å². The van der Waals surface area contributed by atoms with Crippen LogP contribution in [0.3, 0.4) is 0 Å². The van der Waals surface area contributed by atoms with E-state index in [-0.39, 0.29) is 5.54 Å². The van der Waals surface area contributed by atoms with Crippen molar-refractivity contribution in [1.29, 1.82) is 0 Å². The monoisotopic (exact) mass is 309 g/mol. The second-order valence-electron chi connectivity index (χ2n) is 6.55. The third-order valence-corrected chi connectivity index (χ3v) is 4.76. The fourth-order valence-electron chi connectivity index (χ4n) is 2.85. The zero-order chi connectivity index (χ0) is 13.4. The topological polar surface area (TPSA) is 12.0 Å². The molecule has 2 heteroatoms. The van der Waals surface area contributed by atoms with Gasteiger partial charge in [0, 0.05) is 22.0 Å². The maximum absolute atomic E-state index is 3.72. The van der Waals surface area contributed by atoms with Gasteiger partial charge in [-0.1, -0.05) is 47.5 Å². The molecule has 0 aromatic heterocycles. The van der Waals surface area contributed by atoms with Crippen LogP contribution in [0.5, 0.6) is 0 Å². The van der Waals surface area contributed by atoms with Gasteiger partial charge >= 0.3 is 0 Å². The fraction of sp³-hybridized carbons (Fsp3) is 0.625. The number of nitrogens with one attached hydrogen (secondary N) is 1. The summed E-state index contributed by atoms with van der Waals surface area (Å²) < 4.78 is 1.26. The van der Waals surface area contributed by atoms with Crippen molar-refractivity contribution in [1.82, 2.24) is 5.32 Å². The van der Waals surface area contributed by atoms with Crippen LogP contribution < -0.4 is 5.32 Å². The molecule has 1 aromatic carbocycles. The molecule has 1 nitrogen and oxygen atoms in total. The van der Waals surface area contributed by atoms with Crippen molar-refractivity contribution in [3.05, 3.63) is 34.3 Å². The van der Waals surface area contributed by atoms with Crippen molar-refractivity contribution < 1.29 is 0 Å². The summed E-state index contributed by atoms with van der Waals surface area (Å²) in [6, 6.07) is 8.70. The van der Waals surface area contributed by atoms with Crippen molar-refractivity contribution in [3.8, 4) is 0 Å². The van der Waals surface area contributed by atoms with E-state index >= 15 is 0 Å². The average molecular weight is 310 g/mol. The molecule has 0 heterocycles. The first-order chi connectivity index (χ1) is 8.39. The number of rotatable bonds is 4. The Morgan fingerprint density at radius 2 is 2.00 bits per heavy atom. The Morgan fingerprint density at radius 1 is 1.33 bits per heavy atom. The van der Waals surface area contributed by atoms with Crippen LogP contribution in [-0.2, 0) is 5.41 Å². The standard InChI is InChI=1S/C16H24BrN/c1-5-12-10-16(12,11-18-15(2,3)4)13-8-6-7-9-14(13)17/h6-9,12,18H,5,10-11H2,1-4H3. The Bertz CT molecular complexity index is 421. The van der Waals surface area contributed by atoms with Crippen LogP contribution in [0.2, 0.25) is 0 Å². The molecule has 2 atom stereocenters. The number of halogens is 1. The first kappa shape index (κ1) is 14.1. The van der Waals surface area contributed by atoms with Crippen molar-refractivity contribution in [3.63, 3.8) is 0 Å². The summed E-state index contributed by atoms with van der Waals surface area (Å²) in [7, 11) is 0. The maximum Gasteiger partial charge on any atom is 0.0213 e. The minimum Gasteiger partial charge on any atom is -0.311 e. The molecule has 18 heavy (non-hydrogen) atoms. The molecule has 1 fully saturated rings. The van der Waals surface area contributed by atoms with Gasteiger partial charge in [0.2, 0.25) is 0 Å². The summed E-state index contributed by atoms with van der Waals surface area (Å²) in [5.74, 6) is 0.825. The van der Waals surface area contributed by atoms with E-state index in [4.69, 9.17) is 0 Å². The van der Waals surface area contributed by atoms with Gasteiger partial charge in [-0.2, -0.15) is 0 Å². The third-order valence-electron chi connectivity index (χ3n) is 4.07. The van der Waals surface area contributed by atoms with E-state index in [1.807, 2.05) is 0 Å². The van der Waals surface area contributed by atoms with Crippen LogP contribution in [-0.4, -0.2) is 12.1 Å². The molecule has 2 rings (SSSR count). The molecule has 0 radical (unpaired) electrons. The minimum atomic E-state index is 0.190. The quantitative estimate of drug-likeness (QED) is 0.863. The zero-order valence-electron chi connectivity index (χ0n) is 11.9. The Morgan fingerprint density at radius 3 is 2.50 bits per heavy atom. The number of hydrogen-bond acceptors (Lipinski definition) is 1. The lowest BCUT2D eigenvalue weighted by atomic mass is 9.91. The normalized spacial score (nSPS) is 27.3. The van der Waals surface area contributed by atoms with Crippen LogP contribution in [0, 0.1) is 5.92 Å². The van der Waals surface area contributed by atoms with Crippen molar-refractivity contribution in [2.75, 3.05) is 6.54 Å². The van der Waals surface area contributed by atoms with E-state index in [9.17, 15) is 0 Å². The van der Waals surface area contributed by atoms with E-state index in [0.717, 1.165) is 12.5 Å². The Balaban J connectivity index is 2.22. The van der Waals surface area contributed by atoms with E-state index < -0.39 is 0 Å². The smallest absolute Gasteiger partial charge is 0.0213 e. The van der Waals surface area contributed by atoms with E-state index in [1.165, 1.54) is 22.9 Å². The Kier molecular flexibility index (Phi) is 3.89. The highest BCUT2D eigenvalue weighted by atomic mass is 79.9. The second kappa shape index (κ2) is 4.97. The molecular weight excluding hydrogens is 286 g/mol. The third kappa shape index (κ3) is 2.80. The summed E-state index contributed by atoms with van der Waals surface area (Å²) in [6.45, 7) is 10.1. The van der Waals surface area contributed by atoms with Crippen LogP contribution in [0.15, 0.2) is 28.7 Å². The fourth-order valence-corrected chi connectivity index (χ4v) is 3.52. The first-order valence-electron chi connectivity index (χ1n) is 6.89. The minimum absolute atomic E-state index is 0.190. The molecule has 100 valence electrons. The van der Waals surface area contributed by atoms with Crippen LogP contribution in [0.1, 0.15) is 46.1 Å². The molecule has 0 aliphatic heterocycles. The largest absolute Gasteiger partial charge is 0.311 e. The molecule has 1 aromatic rings. The lowest BCUT2D eigenvalue weighted by Crippen LogP contribution is -2.41. The highest BCUT2D eigenvalue weighted by Gasteiger charge is 2.54. The van der Waals surface area contributed by atoms with Gasteiger partial charge in [0.1, 0.15) is 0 Å². The molecule has 0 spiro atoms.